The van der Waals surface area contributed by atoms with E-state index < -0.39 is 0 Å². The summed E-state index contributed by atoms with van der Waals surface area (Å²) in [6.07, 6.45) is 1.89. The molecular weight excluding hydrogens is 140 g/mol. The van der Waals surface area contributed by atoms with Crippen molar-refractivity contribution in [3.05, 3.63) is 12.3 Å². The molecule has 0 aliphatic heterocycles. The summed E-state index contributed by atoms with van der Waals surface area (Å²) < 4.78 is 4.83. The van der Waals surface area contributed by atoms with Gasteiger partial charge in [0.1, 0.15) is 0 Å². The summed E-state index contributed by atoms with van der Waals surface area (Å²) in [5.74, 6) is 0.300. The van der Waals surface area contributed by atoms with Gasteiger partial charge in [-0.2, -0.15) is 0 Å². The zero-order chi connectivity index (χ0) is 8.85. The molecule has 0 spiro atoms. The van der Waals surface area contributed by atoms with Gasteiger partial charge in [0, 0.05) is 0 Å². The predicted molar refractivity (Wildman–Crippen MR) is 45.0 cm³/mol. The molecular formula is C9H16O2. The Morgan fingerprint density at radius 1 is 1.64 bits per heavy atom. The molecule has 1 atom stereocenters. The molecule has 2 heteroatoms. The molecule has 0 radical (unpaired) electrons. The number of carbonyl (C=O) groups excluding carboxylic acids is 1. The Kier molecular flexibility index (Phi) is 4.59. The summed E-state index contributed by atoms with van der Waals surface area (Å²) >= 11 is 0. The van der Waals surface area contributed by atoms with E-state index >= 15 is 0 Å². The van der Waals surface area contributed by atoms with E-state index in [-0.39, 0.29) is 11.9 Å². The van der Waals surface area contributed by atoms with Gasteiger partial charge >= 0.3 is 5.97 Å². The fourth-order valence-corrected chi connectivity index (χ4v) is 0.823. The lowest BCUT2D eigenvalue weighted by Crippen LogP contribution is -2.13. The van der Waals surface area contributed by atoms with Crippen LogP contribution in [0.2, 0.25) is 0 Å². The van der Waals surface area contributed by atoms with E-state index in [0.29, 0.717) is 5.76 Å². The molecule has 0 rings (SSSR count). The minimum atomic E-state index is -0.167. The lowest BCUT2D eigenvalue weighted by atomic mass is 10.1. The SMILES string of the molecule is C=C(C)OC(=O)C(C)CCC. The fraction of sp³-hybridized carbons (Fsp3) is 0.667. The number of rotatable bonds is 4. The van der Waals surface area contributed by atoms with Gasteiger partial charge < -0.3 is 4.74 Å². The van der Waals surface area contributed by atoms with Crippen LogP contribution in [0.5, 0.6) is 0 Å². The van der Waals surface area contributed by atoms with Crippen molar-refractivity contribution in [2.75, 3.05) is 0 Å². The molecule has 2 nitrogen and oxygen atoms in total. The lowest BCUT2D eigenvalue weighted by Gasteiger charge is -2.08. The Morgan fingerprint density at radius 2 is 2.18 bits per heavy atom. The molecule has 0 fully saturated rings. The van der Waals surface area contributed by atoms with Gasteiger partial charge in [-0.15, -0.1) is 0 Å². The summed E-state index contributed by atoms with van der Waals surface area (Å²) in [7, 11) is 0. The van der Waals surface area contributed by atoms with Crippen LogP contribution < -0.4 is 0 Å². The highest BCUT2D eigenvalue weighted by Crippen LogP contribution is 2.08. The Bertz CT molecular complexity index is 150. The smallest absolute Gasteiger partial charge is 0.313 e. The highest BCUT2D eigenvalue weighted by molar-refractivity contribution is 5.72. The van der Waals surface area contributed by atoms with Gasteiger partial charge in [-0.3, -0.25) is 4.79 Å². The third kappa shape index (κ3) is 4.59. The van der Waals surface area contributed by atoms with Gasteiger partial charge in [0.2, 0.25) is 0 Å². The number of ether oxygens (including phenoxy) is 1. The molecule has 0 bridgehead atoms. The van der Waals surface area contributed by atoms with Crippen LogP contribution in [0.25, 0.3) is 0 Å². The van der Waals surface area contributed by atoms with Crippen LogP contribution in [-0.4, -0.2) is 5.97 Å². The number of hydrogen-bond acceptors (Lipinski definition) is 2. The molecule has 0 aromatic carbocycles. The molecule has 64 valence electrons. The van der Waals surface area contributed by atoms with Crippen molar-refractivity contribution in [2.24, 2.45) is 5.92 Å². The molecule has 0 saturated carbocycles. The highest BCUT2D eigenvalue weighted by atomic mass is 16.5. The maximum absolute atomic E-state index is 11.1. The van der Waals surface area contributed by atoms with Crippen LogP contribution >= 0.6 is 0 Å². The van der Waals surface area contributed by atoms with Crippen LogP contribution in [0.3, 0.4) is 0 Å². The second-order valence-electron chi connectivity index (χ2n) is 2.81. The maximum Gasteiger partial charge on any atom is 0.313 e. The number of carbonyl (C=O) groups is 1. The molecule has 0 aromatic rings. The summed E-state index contributed by atoms with van der Waals surface area (Å²) in [5, 5.41) is 0. The van der Waals surface area contributed by atoms with Crippen molar-refractivity contribution in [1.82, 2.24) is 0 Å². The van der Waals surface area contributed by atoms with Crippen molar-refractivity contribution < 1.29 is 9.53 Å². The third-order valence-electron chi connectivity index (χ3n) is 1.40. The topological polar surface area (TPSA) is 26.3 Å². The predicted octanol–water partition coefficient (Wildman–Crippen LogP) is 2.50. The van der Waals surface area contributed by atoms with Gasteiger partial charge in [0.15, 0.2) is 0 Å². The Balaban J connectivity index is 3.73. The van der Waals surface area contributed by atoms with E-state index in [9.17, 15) is 4.79 Å². The van der Waals surface area contributed by atoms with E-state index in [1.54, 1.807) is 6.92 Å². The van der Waals surface area contributed by atoms with E-state index in [2.05, 4.69) is 6.58 Å². The quantitative estimate of drug-likeness (QED) is 0.461. The molecule has 0 amide bonds. The maximum atomic E-state index is 11.1. The van der Waals surface area contributed by atoms with E-state index in [1.807, 2.05) is 13.8 Å². The molecule has 0 N–H and O–H groups in total. The van der Waals surface area contributed by atoms with Gasteiger partial charge in [-0.1, -0.05) is 26.8 Å². The Hall–Kier alpha value is -0.790. The molecule has 0 saturated heterocycles. The summed E-state index contributed by atoms with van der Waals surface area (Å²) in [6.45, 7) is 9.09. The Morgan fingerprint density at radius 3 is 2.55 bits per heavy atom. The summed E-state index contributed by atoms with van der Waals surface area (Å²) in [5.41, 5.74) is 0. The van der Waals surface area contributed by atoms with E-state index in [4.69, 9.17) is 4.74 Å². The third-order valence-corrected chi connectivity index (χ3v) is 1.40. The van der Waals surface area contributed by atoms with Gasteiger partial charge in [0.05, 0.1) is 11.7 Å². The standard InChI is InChI=1S/C9H16O2/c1-5-6-8(4)9(10)11-7(2)3/h8H,2,5-6H2,1,3-4H3. The molecule has 0 aromatic heterocycles. The van der Waals surface area contributed by atoms with Crippen molar-refractivity contribution in [2.45, 2.75) is 33.6 Å². The molecule has 0 heterocycles. The minimum Gasteiger partial charge on any atom is -0.432 e. The van der Waals surface area contributed by atoms with Crippen LogP contribution in [0.1, 0.15) is 33.6 Å². The molecule has 0 aliphatic rings. The highest BCUT2D eigenvalue weighted by Gasteiger charge is 2.12. The molecule has 11 heavy (non-hydrogen) atoms. The first-order valence-corrected chi connectivity index (χ1v) is 3.95. The Labute approximate surface area is 68.2 Å². The van der Waals surface area contributed by atoms with Crippen LogP contribution in [0, 0.1) is 5.92 Å². The largest absolute Gasteiger partial charge is 0.432 e. The minimum absolute atomic E-state index is 0.00306. The van der Waals surface area contributed by atoms with Crippen molar-refractivity contribution >= 4 is 5.97 Å². The number of esters is 1. The average molecular weight is 156 g/mol. The zero-order valence-electron chi connectivity index (χ0n) is 7.52. The van der Waals surface area contributed by atoms with E-state index in [0.717, 1.165) is 12.8 Å². The monoisotopic (exact) mass is 156 g/mol. The first-order chi connectivity index (χ1) is 5.07. The number of hydrogen-bond donors (Lipinski definition) is 0. The summed E-state index contributed by atoms with van der Waals surface area (Å²) in [4.78, 5) is 11.1. The summed E-state index contributed by atoms with van der Waals surface area (Å²) in [6, 6.07) is 0. The van der Waals surface area contributed by atoms with E-state index in [1.165, 1.54) is 0 Å². The molecule has 0 aliphatic carbocycles. The normalized spacial score (nSPS) is 12.3. The van der Waals surface area contributed by atoms with Crippen LogP contribution in [0.4, 0.5) is 0 Å². The second-order valence-corrected chi connectivity index (χ2v) is 2.81. The van der Waals surface area contributed by atoms with Crippen molar-refractivity contribution in [3.8, 4) is 0 Å². The first kappa shape index (κ1) is 10.2. The molecule has 1 unspecified atom stereocenters. The lowest BCUT2D eigenvalue weighted by molar-refractivity contribution is -0.143. The van der Waals surface area contributed by atoms with Crippen LogP contribution in [-0.2, 0) is 9.53 Å². The second kappa shape index (κ2) is 4.94. The van der Waals surface area contributed by atoms with Crippen molar-refractivity contribution in [3.63, 3.8) is 0 Å². The first-order valence-electron chi connectivity index (χ1n) is 3.95. The van der Waals surface area contributed by atoms with Crippen molar-refractivity contribution in [1.29, 1.82) is 0 Å². The average Bonchev–Trinajstić information content (AvgIpc) is 1.86. The fourth-order valence-electron chi connectivity index (χ4n) is 0.823. The van der Waals surface area contributed by atoms with Gasteiger partial charge in [-0.05, 0) is 13.3 Å². The van der Waals surface area contributed by atoms with Gasteiger partial charge in [-0.25, -0.2) is 0 Å². The zero-order valence-corrected chi connectivity index (χ0v) is 7.52. The van der Waals surface area contributed by atoms with Crippen LogP contribution in [0.15, 0.2) is 12.3 Å². The van der Waals surface area contributed by atoms with Gasteiger partial charge in [0.25, 0.3) is 0 Å². The number of allylic oxidation sites excluding steroid dienone is 1.